The van der Waals surface area contributed by atoms with Gasteiger partial charge in [0.1, 0.15) is 79.4 Å². The molecule has 4 saturated heterocycles. The van der Waals surface area contributed by atoms with Crippen molar-refractivity contribution in [2.75, 3.05) is 19.8 Å². The Morgan fingerprint density at radius 2 is 1.14 bits per heavy atom. The summed E-state index contributed by atoms with van der Waals surface area (Å²) in [7, 11) is 0. The smallest absolute Gasteiger partial charge is 0.335 e. The van der Waals surface area contributed by atoms with Crippen LogP contribution < -0.4 is 0 Å². The molecular formula is C65H100O27. The van der Waals surface area contributed by atoms with Gasteiger partial charge in [-0.05, 0) is 124 Å². The van der Waals surface area contributed by atoms with Crippen LogP contribution in [0.1, 0.15) is 135 Å². The summed E-state index contributed by atoms with van der Waals surface area (Å²) in [5.41, 5.74) is -3.55. The number of carbonyl (C=O) groups is 4. The van der Waals surface area contributed by atoms with Gasteiger partial charge in [-0.2, -0.15) is 0 Å². The van der Waals surface area contributed by atoms with Gasteiger partial charge in [0.15, 0.2) is 43.5 Å². The molecule has 30 atom stereocenters. The fourth-order valence-electron chi connectivity index (χ4n) is 17.9. The Morgan fingerprint density at radius 1 is 0.587 bits per heavy atom. The lowest BCUT2D eigenvalue weighted by molar-refractivity contribution is -0.386. The highest BCUT2D eigenvalue weighted by atomic mass is 16.8. The summed E-state index contributed by atoms with van der Waals surface area (Å²) in [6.07, 6.45) is -28.8. The van der Waals surface area contributed by atoms with Gasteiger partial charge in [0, 0.05) is 18.1 Å². The zero-order valence-electron chi connectivity index (χ0n) is 54.8. The largest absolute Gasteiger partial charge is 0.479 e. The number of aliphatic hydroxyl groups is 11. The van der Waals surface area contributed by atoms with Crippen molar-refractivity contribution in [1.82, 2.24) is 0 Å². The normalized spacial score (nSPS) is 48.4. The third kappa shape index (κ3) is 12.2. The van der Waals surface area contributed by atoms with Crippen LogP contribution in [0.15, 0.2) is 34.9 Å². The van der Waals surface area contributed by atoms with E-state index in [1.54, 1.807) is 33.8 Å². The number of fused-ring (bicyclic) bond motifs is 7. The Balaban J connectivity index is 1.01. The van der Waals surface area contributed by atoms with Crippen LogP contribution >= 0.6 is 0 Å². The second kappa shape index (κ2) is 27.0. The lowest BCUT2D eigenvalue weighted by Gasteiger charge is -2.72. The minimum Gasteiger partial charge on any atom is -0.479 e. The van der Waals surface area contributed by atoms with Crippen LogP contribution in [0.3, 0.4) is 0 Å². The highest BCUT2D eigenvalue weighted by molar-refractivity contribution is 5.88. The predicted molar refractivity (Wildman–Crippen MR) is 316 cm³/mol. The van der Waals surface area contributed by atoms with Crippen LogP contribution in [0.2, 0.25) is 0 Å². The Kier molecular flexibility index (Phi) is 21.3. The van der Waals surface area contributed by atoms with Crippen molar-refractivity contribution < 1.29 is 133 Å². The van der Waals surface area contributed by atoms with Gasteiger partial charge >= 0.3 is 23.9 Å². The Hall–Kier alpha value is -3.66. The molecule has 27 nitrogen and oxygen atoms in total. The predicted octanol–water partition coefficient (Wildman–Crippen LogP) is 0.715. The minimum atomic E-state index is -2.13. The topological polar surface area (TPSA) is 413 Å². The first kappa shape index (κ1) is 72.6. The molecule has 0 bridgehead atoms. The SMILES string of the molecule is CC=C(C)C(=O)O[C@@H]1C(O)[C@H](O[C@H]2[C@H](OC(C)=O)[C@@]3(CO)C(CC2(C)C)C2=CCC4[C@@]5(C)CC[C@H](O[C@@H]6OC(C(=O)O)[C@@H](O)[C@@H](O[C@@H]7O[C@@H](CO)[C@@H](O)C7O)C6O[C@@H]6OC(CO)[C@H](O)[C@@H](O)C6O)C(C)(C)C5CC[C@@]4(C)[C@]2(C)C[C@H]3O)OC(C)[C@@H]1OC(=O)C(C)=CC. The number of rotatable bonds is 17. The molecule has 92 heavy (non-hydrogen) atoms. The van der Waals surface area contributed by atoms with Crippen LogP contribution in [0.25, 0.3) is 0 Å². The van der Waals surface area contributed by atoms with Gasteiger partial charge in [-0.25, -0.2) is 14.4 Å². The number of carboxylic acids is 1. The zero-order valence-corrected chi connectivity index (χ0v) is 54.8. The lowest BCUT2D eigenvalue weighted by Crippen LogP contribution is -2.73. The number of allylic oxidation sites excluding steroid dienone is 4. The van der Waals surface area contributed by atoms with Gasteiger partial charge < -0.3 is 113 Å². The number of ether oxygens (including phenoxy) is 11. The first-order valence-electron chi connectivity index (χ1n) is 32.3. The van der Waals surface area contributed by atoms with Crippen LogP contribution in [0.5, 0.6) is 0 Å². The first-order chi connectivity index (χ1) is 43.0. The third-order valence-corrected chi connectivity index (χ3v) is 23.6. The van der Waals surface area contributed by atoms with Crippen molar-refractivity contribution in [1.29, 1.82) is 0 Å². The summed E-state index contributed by atoms with van der Waals surface area (Å²) < 4.78 is 67.8. The number of carbonyl (C=O) groups excluding carboxylic acids is 3. The summed E-state index contributed by atoms with van der Waals surface area (Å²) in [4.78, 5) is 53.0. The van der Waals surface area contributed by atoms with Crippen molar-refractivity contribution in [3.8, 4) is 0 Å². The number of aliphatic hydroxyl groups excluding tert-OH is 11. The second-order valence-corrected chi connectivity index (χ2v) is 29.3. The van der Waals surface area contributed by atoms with Crippen molar-refractivity contribution >= 4 is 23.9 Å². The van der Waals surface area contributed by atoms with Crippen LogP contribution in [0.4, 0.5) is 0 Å². The zero-order chi connectivity index (χ0) is 68.0. The maximum atomic E-state index is 13.5. The Bertz CT molecular complexity index is 2790. The maximum absolute atomic E-state index is 13.5. The van der Waals surface area contributed by atoms with Crippen molar-refractivity contribution in [2.45, 2.75) is 276 Å². The van der Waals surface area contributed by atoms with Gasteiger partial charge in [-0.3, -0.25) is 4.79 Å². The number of hydrogen-bond donors (Lipinski definition) is 12. The van der Waals surface area contributed by atoms with Gasteiger partial charge in [-0.15, -0.1) is 0 Å². The molecule has 9 rings (SSSR count). The lowest BCUT2D eigenvalue weighted by atomic mass is 9.33. The van der Waals surface area contributed by atoms with E-state index in [4.69, 9.17) is 52.1 Å². The molecule has 4 aliphatic heterocycles. The Morgan fingerprint density at radius 3 is 1.70 bits per heavy atom. The van der Waals surface area contributed by atoms with Crippen LogP contribution in [-0.2, 0) is 71.3 Å². The van der Waals surface area contributed by atoms with Crippen molar-refractivity contribution in [2.24, 2.45) is 50.2 Å². The summed E-state index contributed by atoms with van der Waals surface area (Å²) in [5.74, 6) is -4.65. The molecule has 0 radical (unpaired) electrons. The number of carboxylic acid groups (broad SMARTS) is 1. The van der Waals surface area contributed by atoms with E-state index in [9.17, 15) is 80.5 Å². The molecule has 0 aromatic rings. The average molecular weight is 1310 g/mol. The van der Waals surface area contributed by atoms with Gasteiger partial charge in [0.2, 0.25) is 0 Å². The molecule has 8 fully saturated rings. The summed E-state index contributed by atoms with van der Waals surface area (Å²) in [6.45, 7) is 21.5. The van der Waals surface area contributed by atoms with Crippen LogP contribution in [0, 0.1) is 50.2 Å². The van der Waals surface area contributed by atoms with E-state index < -0.39 is 223 Å². The number of aliphatic carboxylic acids is 1. The fraction of sp³-hybridized carbons (Fsp3) is 0.846. The monoisotopic (exact) mass is 1310 g/mol. The quantitative estimate of drug-likeness (QED) is 0.0314. The maximum Gasteiger partial charge on any atom is 0.335 e. The fourth-order valence-corrected chi connectivity index (χ4v) is 17.9. The average Bonchev–Trinajstić information content (AvgIpc) is 0.736. The molecule has 0 amide bonds. The standard InChI is InChI=1S/C65H100O27/c1-14-27(3)54(80)87-46-29(5)82-58(45(77)48(46)88-55(81)28(4)15-2)92-51-52(83-30(6)69)65(26-68)32(22-60(51,7)8)31-16-17-36-62(11)20-19-38(61(9,10)35(62)18-21-63(36,12)64(31,13)23-37(65)70)86-59-50(91-57-43(75)41(73)39(71)33(24-66)84-57)47(44(76)49(90-59)53(78)79)89-56-42(74)40(72)34(25-67)85-56/h14-16,29,32-52,56-59,66-68,70-77H,17-26H2,1-13H3,(H,78,79)/t29?,32?,33?,34-,35?,36?,37+,38-,39-,40+,41+,42?,43?,44-,45?,46-,47+,48+,49?,50?,51-,52-,56-,57-,58-,59+,62-,63+,64+,65-/m0/s1. The van der Waals surface area contributed by atoms with E-state index in [-0.39, 0.29) is 35.8 Å². The first-order valence-corrected chi connectivity index (χ1v) is 32.3. The number of esters is 3. The second-order valence-electron chi connectivity index (χ2n) is 29.3. The molecule has 0 aromatic heterocycles. The van der Waals surface area contributed by atoms with E-state index in [0.29, 0.717) is 32.1 Å². The molecule has 0 spiro atoms. The molecule has 522 valence electrons. The van der Waals surface area contributed by atoms with Crippen LogP contribution in [-0.4, -0.2) is 246 Å². The number of hydrogen-bond acceptors (Lipinski definition) is 26. The molecule has 27 heteroatoms. The van der Waals surface area contributed by atoms with Gasteiger partial charge in [-0.1, -0.05) is 72.3 Å². The minimum absolute atomic E-state index is 0.0439. The van der Waals surface area contributed by atoms with E-state index >= 15 is 0 Å². The van der Waals surface area contributed by atoms with E-state index in [1.807, 2.05) is 27.7 Å². The molecule has 9 aliphatic rings. The molecule has 0 aromatic carbocycles. The molecule has 12 N–H and O–H groups in total. The molecule has 4 heterocycles. The highest BCUT2D eigenvalue weighted by Gasteiger charge is 2.74. The van der Waals surface area contributed by atoms with E-state index in [1.165, 1.54) is 19.9 Å². The van der Waals surface area contributed by atoms with Gasteiger partial charge in [0.25, 0.3) is 0 Å². The van der Waals surface area contributed by atoms with Crippen molar-refractivity contribution in [3.63, 3.8) is 0 Å². The summed E-state index contributed by atoms with van der Waals surface area (Å²) >= 11 is 0. The molecule has 5 aliphatic carbocycles. The highest BCUT2D eigenvalue weighted by Crippen LogP contribution is 2.76. The molecule has 10 unspecified atom stereocenters. The Labute approximate surface area is 535 Å². The third-order valence-electron chi connectivity index (χ3n) is 23.6. The van der Waals surface area contributed by atoms with Gasteiger partial charge in [0.05, 0.1) is 43.5 Å². The molecule has 4 saturated carbocycles. The summed E-state index contributed by atoms with van der Waals surface area (Å²) in [5, 5.41) is 134. The van der Waals surface area contributed by atoms with E-state index in [2.05, 4.69) is 26.8 Å². The van der Waals surface area contributed by atoms with Crippen molar-refractivity contribution in [3.05, 3.63) is 34.9 Å². The molecular weight excluding hydrogens is 1210 g/mol. The van der Waals surface area contributed by atoms with E-state index in [0.717, 1.165) is 5.57 Å². The summed E-state index contributed by atoms with van der Waals surface area (Å²) in [6, 6.07) is 0.